The first-order valence-electron chi connectivity index (χ1n) is 8.40. The highest BCUT2D eigenvalue weighted by Gasteiger charge is 2.13. The van der Waals surface area contributed by atoms with Crippen LogP contribution in [0, 0.1) is 0 Å². The summed E-state index contributed by atoms with van der Waals surface area (Å²) in [4.78, 5) is 17.8. The Hall–Kier alpha value is -3.15. The van der Waals surface area contributed by atoms with Gasteiger partial charge in [0.25, 0.3) is 5.56 Å². The summed E-state index contributed by atoms with van der Waals surface area (Å²) in [6.07, 6.45) is 0. The zero-order valence-electron chi connectivity index (χ0n) is 14.3. The third kappa shape index (κ3) is 3.43. The van der Waals surface area contributed by atoms with Crippen molar-refractivity contribution in [3.05, 3.63) is 93.7 Å². The quantitative estimate of drug-likeness (QED) is 0.557. The second-order valence-electron chi connectivity index (χ2n) is 6.05. The van der Waals surface area contributed by atoms with Gasteiger partial charge in [-0.2, -0.15) is 0 Å². The fraction of sp³-hybridized carbons (Fsp3) is 0.0476. The average Bonchev–Trinajstić information content (AvgIpc) is 2.70. The summed E-state index contributed by atoms with van der Waals surface area (Å²) in [7, 11) is 0. The number of benzene rings is 3. The Balaban J connectivity index is 1.91. The van der Waals surface area contributed by atoms with Gasteiger partial charge in [0.1, 0.15) is 0 Å². The largest absolute Gasteiger partial charge is 0.392 e. The number of aliphatic hydroxyl groups is 1. The Labute approximate surface area is 160 Å². The van der Waals surface area contributed by atoms with Crippen LogP contribution in [0.2, 0.25) is 5.02 Å². The third-order valence-corrected chi connectivity index (χ3v) is 4.47. The fourth-order valence-corrected chi connectivity index (χ4v) is 3.05. The first kappa shape index (κ1) is 17.3. The Morgan fingerprint density at radius 2 is 1.74 bits per heavy atom. The van der Waals surface area contributed by atoms with Gasteiger partial charge in [0.15, 0.2) is 0 Å². The van der Waals surface area contributed by atoms with Crippen LogP contribution < -0.4 is 10.9 Å². The molecule has 4 rings (SSSR count). The molecule has 0 aliphatic rings. The molecule has 0 aliphatic heterocycles. The molecule has 0 unspecified atom stereocenters. The lowest BCUT2D eigenvalue weighted by Crippen LogP contribution is -2.22. The molecular weight excluding hydrogens is 362 g/mol. The summed E-state index contributed by atoms with van der Waals surface area (Å²) < 4.78 is 1.53. The van der Waals surface area contributed by atoms with Gasteiger partial charge < -0.3 is 10.4 Å². The van der Waals surface area contributed by atoms with Crippen molar-refractivity contribution in [2.75, 3.05) is 5.32 Å². The van der Waals surface area contributed by atoms with E-state index in [4.69, 9.17) is 11.6 Å². The van der Waals surface area contributed by atoms with Crippen molar-refractivity contribution < 1.29 is 5.11 Å². The highest BCUT2D eigenvalue weighted by atomic mass is 35.5. The van der Waals surface area contributed by atoms with Crippen molar-refractivity contribution >= 4 is 34.1 Å². The number of para-hydroxylation sites is 1. The SMILES string of the molecule is O=c1c2cc(Cl)ccc2nc(Nc2ccc(CO)cc2)n1-c1ccccc1. The van der Waals surface area contributed by atoms with Gasteiger partial charge in [0.05, 0.1) is 23.2 Å². The van der Waals surface area contributed by atoms with E-state index in [9.17, 15) is 9.90 Å². The molecule has 2 N–H and O–H groups in total. The molecule has 134 valence electrons. The highest BCUT2D eigenvalue weighted by molar-refractivity contribution is 6.31. The molecule has 0 spiro atoms. The number of aromatic nitrogens is 2. The summed E-state index contributed by atoms with van der Waals surface area (Å²) in [6.45, 7) is -0.0238. The van der Waals surface area contributed by atoms with Crippen molar-refractivity contribution in [2.24, 2.45) is 0 Å². The Kier molecular flexibility index (Phi) is 4.62. The maximum atomic E-state index is 13.2. The predicted octanol–water partition coefficient (Wildman–Crippen LogP) is 4.28. The minimum Gasteiger partial charge on any atom is -0.392 e. The van der Waals surface area contributed by atoms with E-state index < -0.39 is 0 Å². The van der Waals surface area contributed by atoms with Crippen LogP contribution in [0.3, 0.4) is 0 Å². The monoisotopic (exact) mass is 377 g/mol. The minimum atomic E-state index is -0.205. The molecule has 27 heavy (non-hydrogen) atoms. The molecule has 4 aromatic rings. The lowest BCUT2D eigenvalue weighted by atomic mass is 10.2. The first-order chi connectivity index (χ1) is 13.2. The highest BCUT2D eigenvalue weighted by Crippen LogP contribution is 2.22. The van der Waals surface area contributed by atoms with Crippen molar-refractivity contribution in [3.8, 4) is 5.69 Å². The van der Waals surface area contributed by atoms with Gasteiger partial charge in [0.2, 0.25) is 5.95 Å². The summed E-state index contributed by atoms with van der Waals surface area (Å²) in [5, 5.41) is 13.3. The summed E-state index contributed by atoms with van der Waals surface area (Å²) in [6, 6.07) is 21.7. The van der Waals surface area contributed by atoms with Gasteiger partial charge in [-0.15, -0.1) is 0 Å². The van der Waals surface area contributed by atoms with E-state index in [1.54, 1.807) is 18.2 Å². The van der Waals surface area contributed by atoms with Crippen molar-refractivity contribution in [3.63, 3.8) is 0 Å². The van der Waals surface area contributed by atoms with Gasteiger partial charge in [-0.05, 0) is 48.0 Å². The molecule has 0 atom stereocenters. The van der Waals surface area contributed by atoms with E-state index in [1.807, 2.05) is 54.6 Å². The number of nitrogens with zero attached hydrogens (tertiary/aromatic N) is 2. The molecule has 3 aromatic carbocycles. The number of hydrogen-bond acceptors (Lipinski definition) is 4. The van der Waals surface area contributed by atoms with E-state index in [-0.39, 0.29) is 12.2 Å². The van der Waals surface area contributed by atoms with Crippen LogP contribution in [-0.4, -0.2) is 14.7 Å². The van der Waals surface area contributed by atoms with Crippen LogP contribution in [0.15, 0.2) is 77.6 Å². The van der Waals surface area contributed by atoms with E-state index in [0.717, 1.165) is 11.3 Å². The maximum absolute atomic E-state index is 13.2. The van der Waals surface area contributed by atoms with Gasteiger partial charge in [-0.25, -0.2) is 9.55 Å². The zero-order valence-corrected chi connectivity index (χ0v) is 15.0. The number of anilines is 2. The van der Waals surface area contributed by atoms with Crippen LogP contribution in [0.5, 0.6) is 0 Å². The number of halogens is 1. The lowest BCUT2D eigenvalue weighted by Gasteiger charge is -2.15. The fourth-order valence-electron chi connectivity index (χ4n) is 2.88. The van der Waals surface area contributed by atoms with E-state index in [2.05, 4.69) is 10.3 Å². The van der Waals surface area contributed by atoms with Gasteiger partial charge in [0, 0.05) is 10.7 Å². The predicted molar refractivity (Wildman–Crippen MR) is 108 cm³/mol. The van der Waals surface area contributed by atoms with E-state index in [1.165, 1.54) is 4.57 Å². The summed E-state index contributed by atoms with van der Waals surface area (Å²) in [5.74, 6) is 0.401. The van der Waals surface area contributed by atoms with Crippen LogP contribution >= 0.6 is 11.6 Å². The summed E-state index contributed by atoms with van der Waals surface area (Å²) >= 11 is 6.08. The second kappa shape index (κ2) is 7.23. The third-order valence-electron chi connectivity index (χ3n) is 4.24. The molecule has 0 saturated heterocycles. The molecule has 0 amide bonds. The van der Waals surface area contributed by atoms with Crippen molar-refractivity contribution in [2.45, 2.75) is 6.61 Å². The molecule has 1 heterocycles. The number of nitrogens with one attached hydrogen (secondary N) is 1. The molecule has 0 saturated carbocycles. The van der Waals surface area contributed by atoms with Gasteiger partial charge >= 0.3 is 0 Å². The van der Waals surface area contributed by atoms with Crippen LogP contribution in [0.1, 0.15) is 5.56 Å². The second-order valence-corrected chi connectivity index (χ2v) is 6.49. The standard InChI is InChI=1S/C21H16ClN3O2/c22-15-8-11-19-18(12-15)20(27)25(17-4-2-1-3-5-17)21(24-19)23-16-9-6-14(13-26)7-10-16/h1-12,26H,13H2,(H,23,24). The topological polar surface area (TPSA) is 67.2 Å². The Morgan fingerprint density at radius 1 is 1.00 bits per heavy atom. The number of fused-ring (bicyclic) bond motifs is 1. The lowest BCUT2D eigenvalue weighted by molar-refractivity contribution is 0.282. The normalized spacial score (nSPS) is 10.9. The van der Waals surface area contributed by atoms with E-state index in [0.29, 0.717) is 27.6 Å². The average molecular weight is 378 g/mol. The van der Waals surface area contributed by atoms with Crippen LogP contribution in [-0.2, 0) is 6.61 Å². The molecule has 0 fully saturated rings. The smallest absolute Gasteiger partial charge is 0.267 e. The molecule has 6 heteroatoms. The summed E-state index contributed by atoms with van der Waals surface area (Å²) in [5.41, 5.74) is 2.62. The first-order valence-corrected chi connectivity index (χ1v) is 8.78. The minimum absolute atomic E-state index is 0.0238. The van der Waals surface area contributed by atoms with E-state index >= 15 is 0 Å². The molecule has 5 nitrogen and oxygen atoms in total. The molecule has 1 aromatic heterocycles. The number of aliphatic hydroxyl groups excluding tert-OH is 1. The van der Waals surface area contributed by atoms with Crippen LogP contribution in [0.4, 0.5) is 11.6 Å². The van der Waals surface area contributed by atoms with Crippen LogP contribution in [0.25, 0.3) is 16.6 Å². The molecular formula is C21H16ClN3O2. The van der Waals surface area contributed by atoms with Crippen molar-refractivity contribution in [1.29, 1.82) is 0 Å². The zero-order chi connectivity index (χ0) is 18.8. The molecule has 0 bridgehead atoms. The Bertz CT molecular complexity index is 1160. The Morgan fingerprint density at radius 3 is 2.44 bits per heavy atom. The van der Waals surface area contributed by atoms with Crippen molar-refractivity contribution in [1.82, 2.24) is 9.55 Å². The molecule has 0 radical (unpaired) electrons. The van der Waals surface area contributed by atoms with Gasteiger partial charge in [-0.1, -0.05) is 41.9 Å². The number of hydrogen-bond donors (Lipinski definition) is 2. The molecule has 0 aliphatic carbocycles. The maximum Gasteiger partial charge on any atom is 0.267 e. The number of rotatable bonds is 4. The van der Waals surface area contributed by atoms with Gasteiger partial charge in [-0.3, -0.25) is 4.79 Å².